The molecule has 0 aliphatic carbocycles. The molecule has 0 unspecified atom stereocenters. The van der Waals surface area contributed by atoms with Crippen molar-refractivity contribution < 1.29 is 13.9 Å². The van der Waals surface area contributed by atoms with Gasteiger partial charge >= 0.3 is 11.7 Å². The molecule has 1 amide bonds. The van der Waals surface area contributed by atoms with E-state index in [0.717, 1.165) is 29.7 Å². The Labute approximate surface area is 208 Å². The molecule has 3 N–H and O–H groups in total. The number of likely N-dealkylation sites (tertiary alicyclic amines) is 1. The number of hydrogen-bond acceptors (Lipinski definition) is 7. The highest BCUT2D eigenvalue weighted by molar-refractivity contribution is 5.84. The van der Waals surface area contributed by atoms with Gasteiger partial charge in [0.2, 0.25) is 0 Å². The third-order valence-corrected chi connectivity index (χ3v) is 6.84. The van der Waals surface area contributed by atoms with Crippen LogP contribution in [0.4, 0.5) is 10.5 Å². The van der Waals surface area contributed by atoms with Crippen LogP contribution in [0.3, 0.4) is 0 Å². The Bertz CT molecular complexity index is 1080. The molecule has 2 heterocycles. The number of nitrogens with two attached hydrogens (primary N) is 1. The van der Waals surface area contributed by atoms with Crippen LogP contribution in [-0.2, 0) is 11.2 Å². The van der Waals surface area contributed by atoms with Crippen molar-refractivity contribution in [3.05, 3.63) is 39.7 Å². The fourth-order valence-corrected chi connectivity index (χ4v) is 4.65. The zero-order valence-electron chi connectivity index (χ0n) is 22.2. The van der Waals surface area contributed by atoms with Gasteiger partial charge in [0.1, 0.15) is 11.2 Å². The lowest BCUT2D eigenvalue weighted by Crippen LogP contribution is -2.57. The predicted octanol–water partition coefficient (Wildman–Crippen LogP) is 3.81. The van der Waals surface area contributed by atoms with E-state index in [2.05, 4.69) is 30.1 Å². The quantitative estimate of drug-likeness (QED) is 0.432. The summed E-state index contributed by atoms with van der Waals surface area (Å²) in [6.45, 7) is 16.0. The molecule has 0 bridgehead atoms. The summed E-state index contributed by atoms with van der Waals surface area (Å²) in [5, 5.41) is 4.39. The van der Waals surface area contributed by atoms with Gasteiger partial charge in [-0.05, 0) is 85.0 Å². The van der Waals surface area contributed by atoms with E-state index in [0.29, 0.717) is 56.6 Å². The van der Waals surface area contributed by atoms with Crippen molar-refractivity contribution in [2.75, 3.05) is 44.2 Å². The SMILES string of the molecule is CCN(CC)c1ccc2c(C)c(CCNCC3(N)CCN(C(=O)OC(C)(C)C)CC3)c(=O)oc2c1. The molecule has 1 aliphatic rings. The highest BCUT2D eigenvalue weighted by Crippen LogP contribution is 2.25. The van der Waals surface area contributed by atoms with Gasteiger partial charge in [0, 0.05) is 61.0 Å². The lowest BCUT2D eigenvalue weighted by atomic mass is 9.88. The monoisotopic (exact) mass is 486 g/mol. The number of nitrogens with zero attached hydrogens (tertiary/aromatic N) is 2. The molecule has 0 spiro atoms. The molecule has 8 heteroatoms. The summed E-state index contributed by atoms with van der Waals surface area (Å²) in [5.41, 5.74) is 8.79. The number of amides is 1. The maximum absolute atomic E-state index is 12.8. The van der Waals surface area contributed by atoms with Gasteiger partial charge in [-0.2, -0.15) is 0 Å². The number of fused-ring (bicyclic) bond motifs is 1. The Morgan fingerprint density at radius 2 is 1.89 bits per heavy atom. The van der Waals surface area contributed by atoms with Gasteiger partial charge in [-0.1, -0.05) is 0 Å². The Balaban J connectivity index is 1.56. The fraction of sp³-hybridized carbons (Fsp3) is 0.630. The van der Waals surface area contributed by atoms with Crippen LogP contribution >= 0.6 is 0 Å². The van der Waals surface area contributed by atoms with Crippen molar-refractivity contribution in [3.8, 4) is 0 Å². The van der Waals surface area contributed by atoms with Crippen molar-refractivity contribution in [2.24, 2.45) is 5.73 Å². The fourth-order valence-electron chi connectivity index (χ4n) is 4.65. The number of hydrogen-bond donors (Lipinski definition) is 2. The van der Waals surface area contributed by atoms with E-state index in [1.54, 1.807) is 4.90 Å². The molecule has 8 nitrogen and oxygen atoms in total. The molecule has 1 saturated heterocycles. The van der Waals surface area contributed by atoms with Crippen molar-refractivity contribution in [1.82, 2.24) is 10.2 Å². The number of carbonyl (C=O) groups is 1. The summed E-state index contributed by atoms with van der Waals surface area (Å²) in [7, 11) is 0. The van der Waals surface area contributed by atoms with Crippen molar-refractivity contribution in [1.29, 1.82) is 0 Å². The summed E-state index contributed by atoms with van der Waals surface area (Å²) in [6, 6.07) is 6.10. The molecule has 2 aromatic rings. The Hall–Kier alpha value is -2.58. The van der Waals surface area contributed by atoms with Gasteiger partial charge in [-0.25, -0.2) is 9.59 Å². The normalized spacial score (nSPS) is 15.9. The predicted molar refractivity (Wildman–Crippen MR) is 141 cm³/mol. The van der Waals surface area contributed by atoms with Crippen LogP contribution in [-0.4, -0.2) is 61.4 Å². The summed E-state index contributed by atoms with van der Waals surface area (Å²) in [5.74, 6) is 0. The van der Waals surface area contributed by atoms with E-state index in [9.17, 15) is 9.59 Å². The largest absolute Gasteiger partial charge is 0.444 e. The number of anilines is 1. The number of carbonyl (C=O) groups excluding carboxylic acids is 1. The summed E-state index contributed by atoms with van der Waals surface area (Å²) < 4.78 is 11.2. The van der Waals surface area contributed by atoms with Crippen LogP contribution in [0.2, 0.25) is 0 Å². The van der Waals surface area contributed by atoms with Crippen LogP contribution in [0.5, 0.6) is 0 Å². The molecular formula is C27H42N4O4. The van der Waals surface area contributed by atoms with Crippen molar-refractivity contribution >= 4 is 22.7 Å². The first-order chi connectivity index (χ1) is 16.5. The van der Waals surface area contributed by atoms with E-state index >= 15 is 0 Å². The minimum absolute atomic E-state index is 0.276. The van der Waals surface area contributed by atoms with Crippen LogP contribution in [0.25, 0.3) is 11.0 Å². The van der Waals surface area contributed by atoms with Crippen LogP contribution < -0.4 is 21.6 Å². The molecule has 0 saturated carbocycles. The molecule has 35 heavy (non-hydrogen) atoms. The van der Waals surface area contributed by atoms with E-state index in [1.165, 1.54) is 0 Å². The summed E-state index contributed by atoms with van der Waals surface area (Å²) >= 11 is 0. The summed E-state index contributed by atoms with van der Waals surface area (Å²) in [6.07, 6.45) is 1.69. The van der Waals surface area contributed by atoms with Crippen molar-refractivity contribution in [3.63, 3.8) is 0 Å². The molecule has 0 radical (unpaired) electrons. The average Bonchev–Trinajstić information content (AvgIpc) is 2.78. The second-order valence-corrected chi connectivity index (χ2v) is 10.6. The van der Waals surface area contributed by atoms with Gasteiger partial charge in [-0.15, -0.1) is 0 Å². The maximum atomic E-state index is 12.8. The van der Waals surface area contributed by atoms with Gasteiger partial charge in [0.05, 0.1) is 0 Å². The van der Waals surface area contributed by atoms with Gasteiger partial charge in [0.15, 0.2) is 0 Å². The topological polar surface area (TPSA) is 101 Å². The van der Waals surface area contributed by atoms with Gasteiger partial charge < -0.3 is 30.0 Å². The second-order valence-electron chi connectivity index (χ2n) is 10.6. The van der Waals surface area contributed by atoms with E-state index < -0.39 is 5.60 Å². The molecule has 1 aromatic carbocycles. The van der Waals surface area contributed by atoms with E-state index in [-0.39, 0.29) is 17.3 Å². The average molecular weight is 487 g/mol. The second kappa shape index (κ2) is 11.0. The van der Waals surface area contributed by atoms with Crippen LogP contribution in [0.1, 0.15) is 58.6 Å². The van der Waals surface area contributed by atoms with E-state index in [4.69, 9.17) is 14.9 Å². The third kappa shape index (κ3) is 6.76. The zero-order chi connectivity index (χ0) is 25.8. The smallest absolute Gasteiger partial charge is 0.410 e. The molecule has 0 atom stereocenters. The van der Waals surface area contributed by atoms with Gasteiger partial charge in [-0.3, -0.25) is 0 Å². The summed E-state index contributed by atoms with van der Waals surface area (Å²) in [4.78, 5) is 29.0. The molecule has 1 aliphatic heterocycles. The first-order valence-corrected chi connectivity index (χ1v) is 12.7. The first-order valence-electron chi connectivity index (χ1n) is 12.7. The third-order valence-electron chi connectivity index (χ3n) is 6.84. The lowest BCUT2D eigenvalue weighted by Gasteiger charge is -2.39. The number of nitrogens with one attached hydrogen (secondary N) is 1. The molecule has 3 rings (SSSR count). The Morgan fingerprint density at radius 3 is 2.49 bits per heavy atom. The number of piperidine rings is 1. The number of benzene rings is 1. The van der Waals surface area contributed by atoms with Crippen LogP contribution in [0, 0.1) is 6.92 Å². The van der Waals surface area contributed by atoms with Gasteiger partial charge in [0.25, 0.3) is 0 Å². The van der Waals surface area contributed by atoms with Crippen molar-refractivity contribution in [2.45, 2.75) is 71.9 Å². The zero-order valence-corrected chi connectivity index (χ0v) is 22.2. The van der Waals surface area contributed by atoms with E-state index in [1.807, 2.05) is 39.8 Å². The maximum Gasteiger partial charge on any atom is 0.410 e. The minimum Gasteiger partial charge on any atom is -0.444 e. The highest BCUT2D eigenvalue weighted by atomic mass is 16.6. The molecule has 1 fully saturated rings. The Kier molecular flexibility index (Phi) is 8.49. The lowest BCUT2D eigenvalue weighted by molar-refractivity contribution is 0.0169. The standard InChI is InChI=1S/C27H42N4O4/c1-7-30(8-2)20-9-10-21-19(3)22(24(32)34-23(21)17-20)11-14-29-18-27(28)12-15-31(16-13-27)25(33)35-26(4,5)6/h9-10,17,29H,7-8,11-16,18,28H2,1-6H3. The number of aryl methyl sites for hydroxylation is 1. The first kappa shape index (κ1) is 27.0. The minimum atomic E-state index is -0.503. The Morgan fingerprint density at radius 1 is 1.23 bits per heavy atom. The van der Waals surface area contributed by atoms with Crippen LogP contribution in [0.15, 0.2) is 27.4 Å². The highest BCUT2D eigenvalue weighted by Gasteiger charge is 2.33. The molecule has 194 valence electrons. The molecular weight excluding hydrogens is 444 g/mol. The molecule has 1 aromatic heterocycles. The number of ether oxygens (including phenoxy) is 1. The number of rotatable bonds is 8.